The van der Waals surface area contributed by atoms with E-state index in [4.69, 9.17) is 19.5 Å². The lowest BCUT2D eigenvalue weighted by Crippen LogP contribution is -2.04. The first-order valence-electron chi connectivity index (χ1n) is 8.34. The molecule has 0 atom stereocenters. The third kappa shape index (κ3) is 3.26. The summed E-state index contributed by atoms with van der Waals surface area (Å²) < 4.78 is 15.6. The molecule has 1 N–H and O–H groups in total. The zero-order valence-electron chi connectivity index (χ0n) is 14.6. The number of aromatic amines is 1. The van der Waals surface area contributed by atoms with Crippen molar-refractivity contribution in [3.05, 3.63) is 48.9 Å². The lowest BCUT2D eigenvalue weighted by Gasteiger charge is -2.08. The van der Waals surface area contributed by atoms with Crippen LogP contribution in [0.5, 0.6) is 11.5 Å². The van der Waals surface area contributed by atoms with Crippen molar-refractivity contribution in [2.45, 2.75) is 0 Å². The van der Waals surface area contributed by atoms with Gasteiger partial charge >= 0.3 is 0 Å². The first-order chi connectivity index (χ1) is 13.3. The second-order valence-corrected chi connectivity index (χ2v) is 5.85. The maximum absolute atomic E-state index is 8.75. The summed E-state index contributed by atoms with van der Waals surface area (Å²) in [4.78, 5) is 12.1. The molecule has 4 rings (SSSR count). The summed E-state index contributed by atoms with van der Waals surface area (Å²) in [7, 11) is 1.64. The van der Waals surface area contributed by atoms with E-state index in [2.05, 4.69) is 15.0 Å². The SMILES string of the molecule is COCCOc1ccc2c(-c3c[nH]c4ccc(OC#N)cc34)ncnc2c1. The van der Waals surface area contributed by atoms with Crippen molar-refractivity contribution in [2.75, 3.05) is 20.3 Å². The Labute approximate surface area is 155 Å². The van der Waals surface area contributed by atoms with Crippen molar-refractivity contribution in [1.29, 1.82) is 5.26 Å². The summed E-state index contributed by atoms with van der Waals surface area (Å²) in [6.45, 7) is 1.000. The molecule has 0 unspecified atom stereocenters. The molecule has 4 aromatic rings. The fraction of sp³-hybridized carbons (Fsp3) is 0.150. The average molecular weight is 360 g/mol. The van der Waals surface area contributed by atoms with Gasteiger partial charge in [0.2, 0.25) is 0 Å². The lowest BCUT2D eigenvalue weighted by molar-refractivity contribution is 0.146. The fourth-order valence-electron chi connectivity index (χ4n) is 3.00. The predicted molar refractivity (Wildman–Crippen MR) is 100 cm³/mol. The summed E-state index contributed by atoms with van der Waals surface area (Å²) >= 11 is 0. The third-order valence-electron chi connectivity index (χ3n) is 4.24. The molecule has 27 heavy (non-hydrogen) atoms. The maximum atomic E-state index is 8.75. The van der Waals surface area contributed by atoms with Crippen LogP contribution in [0.3, 0.4) is 0 Å². The summed E-state index contributed by atoms with van der Waals surface area (Å²) in [6, 6.07) is 11.2. The molecule has 0 bridgehead atoms. The highest BCUT2D eigenvalue weighted by Gasteiger charge is 2.13. The fourth-order valence-corrected chi connectivity index (χ4v) is 3.00. The Balaban J connectivity index is 1.78. The van der Waals surface area contributed by atoms with Gasteiger partial charge in [0.05, 0.1) is 17.8 Å². The Hall–Kier alpha value is -3.63. The van der Waals surface area contributed by atoms with Gasteiger partial charge in [-0.15, -0.1) is 5.26 Å². The van der Waals surface area contributed by atoms with Gasteiger partial charge in [-0.25, -0.2) is 9.97 Å². The number of nitrogens with one attached hydrogen (secondary N) is 1. The molecule has 0 spiro atoms. The van der Waals surface area contributed by atoms with Gasteiger partial charge in [-0.1, -0.05) is 0 Å². The minimum atomic E-state index is 0.476. The zero-order valence-corrected chi connectivity index (χ0v) is 14.6. The third-order valence-corrected chi connectivity index (χ3v) is 4.24. The average Bonchev–Trinajstić information content (AvgIpc) is 3.11. The van der Waals surface area contributed by atoms with Gasteiger partial charge in [0.15, 0.2) is 0 Å². The summed E-state index contributed by atoms with van der Waals surface area (Å²) in [5, 5.41) is 10.6. The molecule has 0 amide bonds. The van der Waals surface area contributed by atoms with Crippen LogP contribution in [0.4, 0.5) is 0 Å². The highest BCUT2D eigenvalue weighted by Crippen LogP contribution is 2.34. The van der Waals surface area contributed by atoms with E-state index >= 15 is 0 Å². The Bertz CT molecular complexity index is 1150. The van der Waals surface area contributed by atoms with Crippen LogP contribution in [0, 0.1) is 11.5 Å². The minimum Gasteiger partial charge on any atom is -0.491 e. The molecule has 2 aromatic heterocycles. The number of aromatic nitrogens is 3. The van der Waals surface area contributed by atoms with Crippen LogP contribution in [-0.4, -0.2) is 35.3 Å². The first kappa shape index (κ1) is 16.8. The van der Waals surface area contributed by atoms with Crippen LogP contribution in [0.2, 0.25) is 0 Å². The molecule has 0 saturated carbocycles. The summed E-state index contributed by atoms with van der Waals surface area (Å²) in [5.74, 6) is 1.21. The maximum Gasteiger partial charge on any atom is 0.292 e. The Morgan fingerprint density at radius 2 is 1.93 bits per heavy atom. The van der Waals surface area contributed by atoms with E-state index in [0.29, 0.717) is 19.0 Å². The van der Waals surface area contributed by atoms with Crippen LogP contribution in [0.25, 0.3) is 33.1 Å². The Kier molecular flexibility index (Phi) is 4.56. The standard InChI is InChI=1S/C20H16N4O3/c1-25-6-7-26-14-2-4-15-19(9-14)23-12-24-20(15)17-10-22-18-5-3-13(27-11-21)8-16(17)18/h2-5,8-10,12,22H,6-7H2,1H3. The highest BCUT2D eigenvalue weighted by molar-refractivity contribution is 6.03. The molecular formula is C20H16N4O3. The molecule has 0 fully saturated rings. The van der Waals surface area contributed by atoms with Crippen LogP contribution < -0.4 is 9.47 Å². The number of H-pyrrole nitrogens is 1. The second-order valence-electron chi connectivity index (χ2n) is 5.85. The Morgan fingerprint density at radius 1 is 1.04 bits per heavy atom. The number of ether oxygens (including phenoxy) is 3. The molecule has 0 aliphatic rings. The van der Waals surface area contributed by atoms with Crippen molar-refractivity contribution in [3.8, 4) is 29.0 Å². The van der Waals surface area contributed by atoms with Crippen molar-refractivity contribution in [3.63, 3.8) is 0 Å². The molecule has 0 saturated heterocycles. The topological polar surface area (TPSA) is 93.1 Å². The van der Waals surface area contributed by atoms with Crippen LogP contribution in [-0.2, 0) is 4.74 Å². The molecule has 0 radical (unpaired) electrons. The van der Waals surface area contributed by atoms with Crippen molar-refractivity contribution < 1.29 is 14.2 Å². The van der Waals surface area contributed by atoms with Gasteiger partial charge < -0.3 is 19.2 Å². The molecule has 134 valence electrons. The van der Waals surface area contributed by atoms with Gasteiger partial charge in [-0.2, -0.15) is 0 Å². The number of hydrogen-bond acceptors (Lipinski definition) is 6. The van der Waals surface area contributed by atoms with E-state index in [0.717, 1.165) is 38.8 Å². The van der Waals surface area contributed by atoms with Crippen LogP contribution >= 0.6 is 0 Å². The normalized spacial score (nSPS) is 10.8. The Morgan fingerprint density at radius 3 is 2.78 bits per heavy atom. The van der Waals surface area contributed by atoms with Gasteiger partial charge in [-0.3, -0.25) is 0 Å². The molecule has 0 aliphatic heterocycles. The van der Waals surface area contributed by atoms with Crippen molar-refractivity contribution >= 4 is 21.8 Å². The minimum absolute atomic E-state index is 0.476. The summed E-state index contributed by atoms with van der Waals surface area (Å²) in [5.41, 5.74) is 3.42. The number of methoxy groups -OCH3 is 1. The van der Waals surface area contributed by atoms with Crippen molar-refractivity contribution in [2.24, 2.45) is 0 Å². The van der Waals surface area contributed by atoms with E-state index in [1.807, 2.05) is 36.5 Å². The monoisotopic (exact) mass is 360 g/mol. The highest BCUT2D eigenvalue weighted by atomic mass is 16.5. The molecule has 2 heterocycles. The number of fused-ring (bicyclic) bond motifs is 2. The first-order valence-corrected chi connectivity index (χ1v) is 8.34. The van der Waals surface area contributed by atoms with Crippen molar-refractivity contribution in [1.82, 2.24) is 15.0 Å². The lowest BCUT2D eigenvalue weighted by atomic mass is 10.1. The van der Waals surface area contributed by atoms with E-state index in [1.54, 1.807) is 19.4 Å². The van der Waals surface area contributed by atoms with Gasteiger partial charge in [0.1, 0.15) is 24.4 Å². The van der Waals surface area contributed by atoms with E-state index in [1.165, 1.54) is 6.33 Å². The van der Waals surface area contributed by atoms with Gasteiger partial charge in [0, 0.05) is 41.2 Å². The number of benzene rings is 2. The van der Waals surface area contributed by atoms with Crippen LogP contribution in [0.15, 0.2) is 48.9 Å². The summed E-state index contributed by atoms with van der Waals surface area (Å²) in [6.07, 6.45) is 5.13. The van der Waals surface area contributed by atoms with Gasteiger partial charge in [-0.05, 0) is 30.3 Å². The zero-order chi connectivity index (χ0) is 18.6. The van der Waals surface area contributed by atoms with Crippen LogP contribution in [0.1, 0.15) is 0 Å². The number of hydrogen-bond donors (Lipinski definition) is 1. The molecule has 7 nitrogen and oxygen atoms in total. The molecule has 2 aromatic carbocycles. The largest absolute Gasteiger partial charge is 0.491 e. The number of nitrogens with zero attached hydrogens (tertiary/aromatic N) is 3. The number of rotatable bonds is 6. The predicted octanol–water partition coefficient (Wildman–Crippen LogP) is 3.66. The van der Waals surface area contributed by atoms with E-state index in [9.17, 15) is 0 Å². The van der Waals surface area contributed by atoms with E-state index in [-0.39, 0.29) is 0 Å². The quantitative estimate of drug-likeness (QED) is 0.417. The second kappa shape index (κ2) is 7.32. The smallest absolute Gasteiger partial charge is 0.292 e. The number of nitriles is 1. The van der Waals surface area contributed by atoms with E-state index < -0.39 is 0 Å². The molecule has 0 aliphatic carbocycles. The molecular weight excluding hydrogens is 344 g/mol. The molecule has 7 heteroatoms. The van der Waals surface area contributed by atoms with Gasteiger partial charge in [0.25, 0.3) is 6.26 Å².